The van der Waals surface area contributed by atoms with Crippen LogP contribution in [0.2, 0.25) is 0 Å². The van der Waals surface area contributed by atoms with E-state index in [-0.39, 0.29) is 37.2 Å². The Morgan fingerprint density at radius 3 is 2.50 bits per heavy atom. The topological polar surface area (TPSA) is 44.5 Å². The maximum absolute atomic E-state index is 6.45. The summed E-state index contributed by atoms with van der Waals surface area (Å²) in [6.07, 6.45) is 3.41. The van der Waals surface area contributed by atoms with E-state index in [9.17, 15) is 0 Å². The molecule has 4 fully saturated rings. The minimum atomic E-state index is -0.276. The molecule has 0 aromatic heterocycles. The average Bonchev–Trinajstić information content (AvgIpc) is 2.86. The second-order valence-corrected chi connectivity index (χ2v) is 8.69. The number of hydrogen-bond donors (Lipinski definition) is 1. The van der Waals surface area contributed by atoms with Gasteiger partial charge in [-0.3, -0.25) is 0 Å². The van der Waals surface area contributed by atoms with Gasteiger partial charge in [-0.2, -0.15) is 0 Å². The van der Waals surface area contributed by atoms with Gasteiger partial charge in [-0.15, -0.1) is 12.4 Å². The predicted molar refractivity (Wildman–Crippen MR) is 100 cm³/mol. The van der Waals surface area contributed by atoms with Crippen molar-refractivity contribution < 1.29 is 9.31 Å². The van der Waals surface area contributed by atoms with Crippen molar-refractivity contribution in [3.63, 3.8) is 0 Å². The fraction of sp³-hybridized carbons (Fsp3) is 0.684. The summed E-state index contributed by atoms with van der Waals surface area (Å²) in [4.78, 5) is 0. The van der Waals surface area contributed by atoms with Gasteiger partial charge in [0, 0.05) is 5.94 Å². The summed E-state index contributed by atoms with van der Waals surface area (Å²) >= 11 is 0. The van der Waals surface area contributed by atoms with Crippen LogP contribution in [0.25, 0.3) is 0 Å². The summed E-state index contributed by atoms with van der Waals surface area (Å²) in [6.45, 7) is 9.12. The molecule has 3 saturated carbocycles. The lowest BCUT2D eigenvalue weighted by molar-refractivity contribution is -0.199. The normalized spacial score (nSPS) is 37.2. The van der Waals surface area contributed by atoms with E-state index < -0.39 is 0 Å². The Morgan fingerprint density at radius 2 is 1.88 bits per heavy atom. The molecular weight excluding hydrogens is 320 g/mol. The fourth-order valence-corrected chi connectivity index (χ4v) is 5.17. The molecule has 2 bridgehead atoms. The highest BCUT2D eigenvalue weighted by Gasteiger charge is 2.68. The first kappa shape index (κ1) is 18.3. The van der Waals surface area contributed by atoms with Crippen LogP contribution in [0.3, 0.4) is 0 Å². The van der Waals surface area contributed by atoms with Gasteiger partial charge in [0.05, 0.1) is 11.7 Å². The van der Waals surface area contributed by atoms with Crippen LogP contribution in [-0.4, -0.2) is 24.8 Å². The van der Waals surface area contributed by atoms with Gasteiger partial charge in [-0.25, -0.2) is 0 Å². The quantitative estimate of drug-likeness (QED) is 0.849. The molecule has 24 heavy (non-hydrogen) atoms. The van der Waals surface area contributed by atoms with Crippen molar-refractivity contribution in [3.8, 4) is 0 Å². The van der Waals surface area contributed by atoms with E-state index in [0.29, 0.717) is 11.3 Å². The third kappa shape index (κ3) is 2.63. The number of hydrogen-bond acceptors (Lipinski definition) is 3. The van der Waals surface area contributed by atoms with Crippen LogP contribution in [0.15, 0.2) is 24.3 Å². The second kappa shape index (κ2) is 6.01. The summed E-state index contributed by atoms with van der Waals surface area (Å²) in [7, 11) is -0.276. The van der Waals surface area contributed by atoms with Crippen molar-refractivity contribution in [2.45, 2.75) is 64.6 Å². The summed E-state index contributed by atoms with van der Waals surface area (Å²) in [5, 5.41) is 0. The van der Waals surface area contributed by atoms with Crippen LogP contribution in [0.1, 0.15) is 44.7 Å². The average molecular weight is 350 g/mol. The highest BCUT2D eigenvalue weighted by Crippen LogP contribution is 2.65. The number of nitrogens with two attached hydrogens (primary N) is 1. The van der Waals surface area contributed by atoms with Crippen molar-refractivity contribution >= 4 is 19.5 Å². The molecule has 5 atom stereocenters. The summed E-state index contributed by atoms with van der Waals surface area (Å²) in [5.74, 6) is 1.26. The molecule has 1 aromatic carbocycles. The fourth-order valence-electron chi connectivity index (χ4n) is 5.17. The number of halogens is 1. The second-order valence-electron chi connectivity index (χ2n) is 8.69. The lowest BCUT2D eigenvalue weighted by Crippen LogP contribution is -2.65. The maximum atomic E-state index is 6.45. The molecule has 2 N–H and O–H groups in total. The molecule has 4 aliphatic rings. The van der Waals surface area contributed by atoms with Crippen LogP contribution < -0.4 is 5.73 Å². The summed E-state index contributed by atoms with van der Waals surface area (Å²) < 4.78 is 12.7. The molecule has 1 heterocycles. The van der Waals surface area contributed by atoms with Gasteiger partial charge in [0.25, 0.3) is 0 Å². The molecule has 3 aliphatic carbocycles. The highest BCUT2D eigenvalue weighted by molar-refractivity contribution is 6.47. The molecule has 3 nitrogen and oxygen atoms in total. The van der Waals surface area contributed by atoms with Gasteiger partial charge in [0.15, 0.2) is 0 Å². The van der Waals surface area contributed by atoms with Crippen LogP contribution in [0.5, 0.6) is 0 Å². The van der Waals surface area contributed by atoms with E-state index in [1.165, 1.54) is 17.5 Å². The van der Waals surface area contributed by atoms with Crippen molar-refractivity contribution in [2.24, 2.45) is 23.0 Å². The van der Waals surface area contributed by atoms with Crippen molar-refractivity contribution in [1.82, 2.24) is 0 Å². The molecule has 1 aliphatic heterocycles. The number of benzene rings is 1. The Morgan fingerprint density at radius 1 is 1.21 bits per heavy atom. The van der Waals surface area contributed by atoms with E-state index in [1.807, 2.05) is 0 Å². The van der Waals surface area contributed by atoms with Crippen molar-refractivity contribution in [2.75, 3.05) is 0 Å². The van der Waals surface area contributed by atoms with Gasteiger partial charge in [0.2, 0.25) is 0 Å². The van der Waals surface area contributed by atoms with E-state index in [0.717, 1.165) is 18.8 Å². The molecule has 1 aromatic rings. The zero-order valence-corrected chi connectivity index (χ0v) is 15.9. The molecule has 0 spiro atoms. The lowest BCUT2D eigenvalue weighted by atomic mass is 9.43. The van der Waals surface area contributed by atoms with Crippen LogP contribution >= 0.6 is 12.4 Å². The molecular formula is C19H29BClNO2. The number of rotatable bonds is 3. The first-order chi connectivity index (χ1) is 10.8. The van der Waals surface area contributed by atoms with Gasteiger partial charge < -0.3 is 15.0 Å². The Bertz CT molecular complexity index is 608. The minimum Gasteiger partial charge on any atom is -0.404 e. The molecule has 5 heteroatoms. The van der Waals surface area contributed by atoms with Gasteiger partial charge in [-0.1, -0.05) is 43.7 Å². The monoisotopic (exact) mass is 349 g/mol. The zero-order valence-electron chi connectivity index (χ0n) is 15.1. The largest absolute Gasteiger partial charge is 0.475 e. The van der Waals surface area contributed by atoms with E-state index in [4.69, 9.17) is 15.0 Å². The standard InChI is InChI=1S/C19H28BNO2.ClH/c1-12-5-7-13(8-6-12)9-17(21)20-22-16-11-14-10-15(18(14,2)3)19(16,4)23-20;/h5-8,14-17H,9-11,21H2,1-4H3;1H/t14?,15-,16+,17-,19-;/m0./s1. The van der Waals surface area contributed by atoms with Gasteiger partial charge in [-0.05, 0) is 55.9 Å². The van der Waals surface area contributed by atoms with Crippen LogP contribution in [0, 0.1) is 24.2 Å². The third-order valence-corrected chi connectivity index (χ3v) is 6.91. The van der Waals surface area contributed by atoms with Crippen molar-refractivity contribution in [3.05, 3.63) is 35.4 Å². The molecule has 132 valence electrons. The Balaban J connectivity index is 0.00000169. The van der Waals surface area contributed by atoms with Crippen molar-refractivity contribution in [1.29, 1.82) is 0 Å². The van der Waals surface area contributed by atoms with Crippen LogP contribution in [0.4, 0.5) is 0 Å². The molecule has 0 amide bonds. The first-order valence-electron chi connectivity index (χ1n) is 8.95. The first-order valence-corrected chi connectivity index (χ1v) is 8.95. The number of aryl methyl sites for hydroxylation is 1. The van der Waals surface area contributed by atoms with E-state index >= 15 is 0 Å². The molecule has 1 saturated heterocycles. The minimum absolute atomic E-state index is 0. The molecule has 0 radical (unpaired) electrons. The highest BCUT2D eigenvalue weighted by atomic mass is 35.5. The van der Waals surface area contributed by atoms with Crippen LogP contribution in [-0.2, 0) is 15.7 Å². The molecule has 1 unspecified atom stereocenters. The maximum Gasteiger partial charge on any atom is 0.475 e. The van der Waals surface area contributed by atoms with Gasteiger partial charge in [0.1, 0.15) is 0 Å². The van der Waals surface area contributed by atoms with E-state index in [1.54, 1.807) is 0 Å². The predicted octanol–water partition coefficient (Wildman–Crippen LogP) is 3.55. The summed E-state index contributed by atoms with van der Waals surface area (Å²) in [6, 6.07) is 8.57. The zero-order chi connectivity index (χ0) is 16.4. The Kier molecular flexibility index (Phi) is 4.57. The smallest absolute Gasteiger partial charge is 0.404 e. The Hall–Kier alpha value is -0.545. The third-order valence-electron chi connectivity index (χ3n) is 6.91. The van der Waals surface area contributed by atoms with E-state index in [2.05, 4.69) is 52.0 Å². The summed E-state index contributed by atoms with van der Waals surface area (Å²) in [5.41, 5.74) is 9.18. The molecule has 5 rings (SSSR count). The lowest BCUT2D eigenvalue weighted by Gasteiger charge is -2.64. The van der Waals surface area contributed by atoms with Gasteiger partial charge >= 0.3 is 7.12 Å². The SMILES string of the molecule is Cc1ccc(C[C@H](N)B2O[C@@H]3CC4C[C@@H](C4(C)C)[C@]3(C)O2)cc1.Cl. The Labute approximate surface area is 152 Å².